The van der Waals surface area contributed by atoms with E-state index < -0.39 is 0 Å². The van der Waals surface area contributed by atoms with E-state index in [1.54, 1.807) is 11.0 Å². The van der Waals surface area contributed by atoms with E-state index in [1.807, 2.05) is 35.2 Å². The smallest absolute Gasteiger partial charge is 0.231 e. The van der Waals surface area contributed by atoms with Crippen molar-refractivity contribution < 1.29 is 9.32 Å². The maximum absolute atomic E-state index is 12.5. The maximum atomic E-state index is 12.5. The van der Waals surface area contributed by atoms with Gasteiger partial charge in [0.25, 0.3) is 0 Å². The summed E-state index contributed by atoms with van der Waals surface area (Å²) in [6, 6.07) is 9.77. The highest BCUT2D eigenvalue weighted by atomic mass is 16.5. The summed E-state index contributed by atoms with van der Waals surface area (Å²) >= 11 is 0. The van der Waals surface area contributed by atoms with Gasteiger partial charge in [-0.2, -0.15) is 10.1 Å². The minimum Gasteiger partial charge on any atom is -0.342 e. The molecule has 0 N–H and O–H groups in total. The number of aromatic nitrogens is 5. The minimum atomic E-state index is 0.1000. The quantitative estimate of drug-likeness (QED) is 0.666. The summed E-state index contributed by atoms with van der Waals surface area (Å²) in [5.74, 6) is 1.49. The molecule has 0 aliphatic carbocycles. The Labute approximate surface area is 157 Å². The third-order valence-electron chi connectivity index (χ3n) is 4.84. The van der Waals surface area contributed by atoms with Crippen LogP contribution in [0.1, 0.15) is 37.5 Å². The fourth-order valence-electron chi connectivity index (χ4n) is 3.41. The Morgan fingerprint density at radius 2 is 2.15 bits per heavy atom. The Bertz CT molecular complexity index is 861. The van der Waals surface area contributed by atoms with E-state index in [0.29, 0.717) is 31.2 Å². The predicted molar refractivity (Wildman–Crippen MR) is 97.5 cm³/mol. The van der Waals surface area contributed by atoms with Gasteiger partial charge in [-0.25, -0.2) is 4.98 Å². The summed E-state index contributed by atoms with van der Waals surface area (Å²) in [6.45, 7) is 2.13. The first-order valence-electron chi connectivity index (χ1n) is 9.29. The van der Waals surface area contributed by atoms with Crippen LogP contribution in [0.15, 0.2) is 47.5 Å². The van der Waals surface area contributed by atoms with E-state index in [-0.39, 0.29) is 11.8 Å². The average Bonchev–Trinajstić information content (AvgIpc) is 3.41. The molecule has 8 heteroatoms. The molecule has 1 saturated heterocycles. The molecule has 0 spiro atoms. The summed E-state index contributed by atoms with van der Waals surface area (Å²) in [5, 5.41) is 8.16. The van der Waals surface area contributed by atoms with Gasteiger partial charge in [0.2, 0.25) is 17.6 Å². The summed E-state index contributed by atoms with van der Waals surface area (Å²) in [5.41, 5.74) is 0.935. The van der Waals surface area contributed by atoms with E-state index in [2.05, 4.69) is 20.2 Å². The molecule has 1 amide bonds. The molecule has 1 atom stereocenters. The van der Waals surface area contributed by atoms with Crippen LogP contribution < -0.4 is 0 Å². The number of amides is 1. The molecule has 8 nitrogen and oxygen atoms in total. The molecule has 0 radical (unpaired) electrons. The monoisotopic (exact) mass is 366 g/mol. The van der Waals surface area contributed by atoms with E-state index in [0.717, 1.165) is 31.4 Å². The lowest BCUT2D eigenvalue weighted by Gasteiger charge is -2.31. The van der Waals surface area contributed by atoms with Gasteiger partial charge in [-0.1, -0.05) is 35.5 Å². The van der Waals surface area contributed by atoms with Crippen molar-refractivity contribution in [1.29, 1.82) is 0 Å². The second-order valence-corrected chi connectivity index (χ2v) is 6.76. The fraction of sp³-hybridized carbons (Fsp3) is 0.421. The Morgan fingerprint density at radius 1 is 1.26 bits per heavy atom. The van der Waals surface area contributed by atoms with Crippen LogP contribution in [0.2, 0.25) is 0 Å². The zero-order valence-electron chi connectivity index (χ0n) is 15.1. The third kappa shape index (κ3) is 4.21. The highest BCUT2D eigenvalue weighted by Crippen LogP contribution is 2.28. The van der Waals surface area contributed by atoms with Gasteiger partial charge in [0.15, 0.2) is 0 Å². The van der Waals surface area contributed by atoms with E-state index in [4.69, 9.17) is 4.52 Å². The number of carbonyl (C=O) groups excluding carboxylic acids is 1. The number of aryl methyl sites for hydroxylation is 1. The van der Waals surface area contributed by atoms with Crippen LogP contribution in [0.5, 0.6) is 0 Å². The molecule has 2 aromatic heterocycles. The van der Waals surface area contributed by atoms with Gasteiger partial charge in [-0.15, -0.1) is 0 Å². The summed E-state index contributed by atoms with van der Waals surface area (Å²) in [6.07, 6.45) is 6.34. The highest BCUT2D eigenvalue weighted by molar-refractivity contribution is 5.76. The molecule has 0 saturated carbocycles. The van der Waals surface area contributed by atoms with Crippen LogP contribution in [-0.4, -0.2) is 48.8 Å². The van der Waals surface area contributed by atoms with Crippen LogP contribution >= 0.6 is 0 Å². The number of hydrogen-bond donors (Lipinski definition) is 0. The second-order valence-electron chi connectivity index (χ2n) is 6.76. The Hall–Kier alpha value is -3.03. The molecule has 0 bridgehead atoms. The van der Waals surface area contributed by atoms with Crippen LogP contribution in [0.3, 0.4) is 0 Å². The first-order valence-corrected chi connectivity index (χ1v) is 9.29. The van der Waals surface area contributed by atoms with E-state index in [9.17, 15) is 4.79 Å². The van der Waals surface area contributed by atoms with E-state index in [1.165, 1.54) is 6.33 Å². The van der Waals surface area contributed by atoms with Crippen molar-refractivity contribution in [3.05, 3.63) is 48.9 Å². The molecule has 1 unspecified atom stereocenters. The molecular formula is C19H22N6O2. The van der Waals surface area contributed by atoms with Gasteiger partial charge in [0, 0.05) is 31.6 Å². The lowest BCUT2D eigenvalue weighted by molar-refractivity contribution is -0.132. The van der Waals surface area contributed by atoms with Crippen molar-refractivity contribution in [1.82, 2.24) is 29.8 Å². The zero-order valence-corrected chi connectivity index (χ0v) is 15.1. The predicted octanol–water partition coefficient (Wildman–Crippen LogP) is 2.51. The number of carbonyl (C=O) groups is 1. The average molecular weight is 366 g/mol. The molecule has 1 fully saturated rings. The summed E-state index contributed by atoms with van der Waals surface area (Å²) in [7, 11) is 0. The topological polar surface area (TPSA) is 89.9 Å². The Balaban J connectivity index is 1.34. The van der Waals surface area contributed by atoms with Crippen LogP contribution in [0.4, 0.5) is 0 Å². The van der Waals surface area contributed by atoms with Crippen LogP contribution in [0, 0.1) is 0 Å². The summed E-state index contributed by atoms with van der Waals surface area (Å²) < 4.78 is 7.24. The lowest BCUT2D eigenvalue weighted by atomic mass is 9.97. The summed E-state index contributed by atoms with van der Waals surface area (Å²) in [4.78, 5) is 22.9. The molecule has 1 aliphatic rings. The van der Waals surface area contributed by atoms with Crippen LogP contribution in [0.25, 0.3) is 11.4 Å². The third-order valence-corrected chi connectivity index (χ3v) is 4.84. The lowest BCUT2D eigenvalue weighted by Crippen LogP contribution is -2.39. The van der Waals surface area contributed by atoms with Crippen molar-refractivity contribution >= 4 is 5.91 Å². The van der Waals surface area contributed by atoms with Gasteiger partial charge >= 0.3 is 0 Å². The molecule has 27 heavy (non-hydrogen) atoms. The Morgan fingerprint density at radius 3 is 2.96 bits per heavy atom. The van der Waals surface area contributed by atoms with Crippen molar-refractivity contribution in [3.63, 3.8) is 0 Å². The molecule has 3 heterocycles. The van der Waals surface area contributed by atoms with Crippen molar-refractivity contribution in [3.8, 4) is 11.4 Å². The second kappa shape index (κ2) is 8.11. The van der Waals surface area contributed by atoms with Crippen molar-refractivity contribution in [2.75, 3.05) is 13.1 Å². The minimum absolute atomic E-state index is 0.1000. The number of nitrogens with zero attached hydrogens (tertiary/aromatic N) is 6. The van der Waals surface area contributed by atoms with E-state index >= 15 is 0 Å². The highest BCUT2D eigenvalue weighted by Gasteiger charge is 2.28. The fourth-order valence-corrected chi connectivity index (χ4v) is 3.41. The number of benzene rings is 1. The first-order chi connectivity index (χ1) is 13.3. The Kier molecular flexibility index (Phi) is 5.22. The largest absolute Gasteiger partial charge is 0.342 e. The van der Waals surface area contributed by atoms with Gasteiger partial charge < -0.3 is 9.42 Å². The standard InChI is InChI=1S/C19H22N6O2/c26-17(9-5-11-25-14-20-13-21-25)24-10-4-8-16(12-24)19-22-18(23-27-19)15-6-2-1-3-7-15/h1-3,6-7,13-14,16H,4-5,8-12H2. The van der Waals surface area contributed by atoms with Crippen molar-refractivity contribution in [2.24, 2.45) is 0 Å². The SMILES string of the molecule is O=C(CCCn1cncn1)N1CCCC(c2nc(-c3ccccc3)no2)C1. The molecule has 1 aliphatic heterocycles. The molecular weight excluding hydrogens is 344 g/mol. The number of rotatable bonds is 6. The van der Waals surface area contributed by atoms with Crippen LogP contribution in [-0.2, 0) is 11.3 Å². The van der Waals surface area contributed by atoms with Crippen molar-refractivity contribution in [2.45, 2.75) is 38.1 Å². The molecule has 1 aromatic carbocycles. The number of piperidine rings is 1. The number of likely N-dealkylation sites (tertiary alicyclic amines) is 1. The molecule has 140 valence electrons. The van der Waals surface area contributed by atoms with Gasteiger partial charge in [-0.3, -0.25) is 9.48 Å². The van der Waals surface area contributed by atoms with Gasteiger partial charge in [-0.05, 0) is 19.3 Å². The normalized spacial score (nSPS) is 17.2. The maximum Gasteiger partial charge on any atom is 0.231 e. The van der Waals surface area contributed by atoms with Gasteiger partial charge in [0.05, 0.1) is 5.92 Å². The number of hydrogen-bond acceptors (Lipinski definition) is 6. The molecule has 3 aromatic rings. The van der Waals surface area contributed by atoms with Gasteiger partial charge in [0.1, 0.15) is 12.7 Å². The first kappa shape index (κ1) is 17.4. The molecule has 4 rings (SSSR count). The zero-order chi connectivity index (χ0) is 18.5.